The van der Waals surface area contributed by atoms with Crippen LogP contribution in [0.3, 0.4) is 0 Å². The van der Waals surface area contributed by atoms with E-state index >= 15 is 0 Å². The first-order chi connectivity index (χ1) is 6.59. The molecule has 0 N–H and O–H groups in total. The Hall–Kier alpha value is -1.25. The molecule has 0 saturated heterocycles. The van der Waals surface area contributed by atoms with Gasteiger partial charge < -0.3 is 4.74 Å². The van der Waals surface area contributed by atoms with Crippen molar-refractivity contribution in [2.75, 3.05) is 6.61 Å². The fourth-order valence-corrected chi connectivity index (χ4v) is 1.02. The highest BCUT2D eigenvalue weighted by Gasteiger charge is 2.01. The van der Waals surface area contributed by atoms with Gasteiger partial charge in [-0.2, -0.15) is 5.10 Å². The molecule has 0 atom stereocenters. The van der Waals surface area contributed by atoms with Crippen molar-refractivity contribution in [3.05, 3.63) is 24.5 Å². The number of aromatic nitrogens is 2. The molecule has 0 radical (unpaired) electrons. The minimum atomic E-state index is 0.383. The van der Waals surface area contributed by atoms with Crippen molar-refractivity contribution in [1.29, 1.82) is 0 Å². The van der Waals surface area contributed by atoms with Crippen LogP contribution < -0.4 is 4.74 Å². The molecule has 1 heterocycles. The Morgan fingerprint density at radius 3 is 2.86 bits per heavy atom. The summed E-state index contributed by atoms with van der Waals surface area (Å²) in [6.07, 6.45) is 4.56. The van der Waals surface area contributed by atoms with E-state index in [0.29, 0.717) is 12.6 Å². The molecule has 0 aliphatic carbocycles. The monoisotopic (exact) mass is 194 g/mol. The fourth-order valence-electron chi connectivity index (χ4n) is 1.02. The van der Waals surface area contributed by atoms with E-state index in [0.717, 1.165) is 17.7 Å². The SMILES string of the molecule is C=C(C)CCOc1cnn(C(C)C)c1. The maximum atomic E-state index is 5.50. The van der Waals surface area contributed by atoms with Gasteiger partial charge in [0, 0.05) is 12.5 Å². The third-order valence-electron chi connectivity index (χ3n) is 1.90. The molecule has 1 aromatic heterocycles. The van der Waals surface area contributed by atoms with E-state index < -0.39 is 0 Å². The van der Waals surface area contributed by atoms with Crippen LogP contribution in [0, 0.1) is 0 Å². The summed E-state index contributed by atoms with van der Waals surface area (Å²) in [4.78, 5) is 0. The molecule has 0 aliphatic rings. The van der Waals surface area contributed by atoms with Crippen molar-refractivity contribution in [1.82, 2.24) is 9.78 Å². The van der Waals surface area contributed by atoms with E-state index in [9.17, 15) is 0 Å². The van der Waals surface area contributed by atoms with Gasteiger partial charge in [-0.25, -0.2) is 0 Å². The van der Waals surface area contributed by atoms with E-state index in [1.165, 1.54) is 0 Å². The smallest absolute Gasteiger partial charge is 0.157 e. The Labute approximate surface area is 85.4 Å². The number of hydrogen-bond donors (Lipinski definition) is 0. The summed E-state index contributed by atoms with van der Waals surface area (Å²) >= 11 is 0. The molecule has 14 heavy (non-hydrogen) atoms. The largest absolute Gasteiger partial charge is 0.490 e. The highest BCUT2D eigenvalue weighted by atomic mass is 16.5. The van der Waals surface area contributed by atoms with Gasteiger partial charge >= 0.3 is 0 Å². The minimum Gasteiger partial charge on any atom is -0.490 e. The molecule has 0 unspecified atom stereocenters. The Balaban J connectivity index is 2.40. The van der Waals surface area contributed by atoms with E-state index in [1.54, 1.807) is 6.20 Å². The maximum Gasteiger partial charge on any atom is 0.157 e. The summed E-state index contributed by atoms with van der Waals surface area (Å²) in [5, 5.41) is 4.18. The van der Waals surface area contributed by atoms with Crippen molar-refractivity contribution >= 4 is 0 Å². The van der Waals surface area contributed by atoms with Crippen LogP contribution >= 0.6 is 0 Å². The second-order valence-electron chi connectivity index (χ2n) is 3.81. The third kappa shape index (κ3) is 3.24. The molecule has 1 rings (SSSR count). The molecule has 0 aliphatic heterocycles. The second-order valence-corrected chi connectivity index (χ2v) is 3.81. The quantitative estimate of drug-likeness (QED) is 0.674. The summed E-state index contributed by atoms with van der Waals surface area (Å²) < 4.78 is 7.39. The lowest BCUT2D eigenvalue weighted by Crippen LogP contribution is -2.00. The molecule has 0 spiro atoms. The van der Waals surface area contributed by atoms with Gasteiger partial charge in [-0.1, -0.05) is 5.57 Å². The van der Waals surface area contributed by atoms with Gasteiger partial charge in [0.1, 0.15) is 0 Å². The Bertz CT molecular complexity index is 302. The average molecular weight is 194 g/mol. The van der Waals surface area contributed by atoms with Crippen LogP contribution in [0.15, 0.2) is 24.5 Å². The van der Waals surface area contributed by atoms with Crippen molar-refractivity contribution < 1.29 is 4.74 Å². The van der Waals surface area contributed by atoms with E-state index in [4.69, 9.17) is 4.74 Å². The predicted molar refractivity (Wildman–Crippen MR) is 57.5 cm³/mol. The van der Waals surface area contributed by atoms with Gasteiger partial charge in [0.25, 0.3) is 0 Å². The molecule has 78 valence electrons. The molecule has 1 aromatic rings. The predicted octanol–water partition coefficient (Wildman–Crippen LogP) is 2.81. The molecule has 3 heteroatoms. The molecular weight excluding hydrogens is 176 g/mol. The molecule has 0 saturated carbocycles. The van der Waals surface area contributed by atoms with Crippen molar-refractivity contribution in [3.63, 3.8) is 0 Å². The van der Waals surface area contributed by atoms with Crippen LogP contribution in [0.1, 0.15) is 33.2 Å². The first-order valence-electron chi connectivity index (χ1n) is 4.91. The van der Waals surface area contributed by atoms with E-state index in [2.05, 4.69) is 25.5 Å². The molecule has 0 aromatic carbocycles. The normalized spacial score (nSPS) is 10.6. The third-order valence-corrected chi connectivity index (χ3v) is 1.90. The summed E-state index contributed by atoms with van der Waals surface area (Å²) in [7, 11) is 0. The molecular formula is C11H18N2O. The number of nitrogens with zero attached hydrogens (tertiary/aromatic N) is 2. The Morgan fingerprint density at radius 1 is 1.64 bits per heavy atom. The van der Waals surface area contributed by atoms with Crippen LogP contribution in [-0.4, -0.2) is 16.4 Å². The summed E-state index contributed by atoms with van der Waals surface area (Å²) in [5.74, 6) is 0.833. The molecule has 0 fully saturated rings. The molecule has 0 amide bonds. The zero-order valence-corrected chi connectivity index (χ0v) is 9.16. The zero-order chi connectivity index (χ0) is 10.6. The van der Waals surface area contributed by atoms with Gasteiger partial charge in [-0.3, -0.25) is 4.68 Å². The lowest BCUT2D eigenvalue weighted by atomic mass is 10.3. The minimum absolute atomic E-state index is 0.383. The van der Waals surface area contributed by atoms with Crippen LogP contribution in [0.4, 0.5) is 0 Å². The van der Waals surface area contributed by atoms with Crippen molar-refractivity contribution in [2.24, 2.45) is 0 Å². The van der Waals surface area contributed by atoms with Crippen molar-refractivity contribution in [2.45, 2.75) is 33.2 Å². The van der Waals surface area contributed by atoms with Crippen LogP contribution in [0.25, 0.3) is 0 Å². The summed E-state index contributed by atoms with van der Waals surface area (Å²) in [6.45, 7) is 10.7. The average Bonchev–Trinajstić information content (AvgIpc) is 2.52. The lowest BCUT2D eigenvalue weighted by Gasteiger charge is -2.04. The first kappa shape index (κ1) is 10.8. The van der Waals surface area contributed by atoms with Crippen LogP contribution in [-0.2, 0) is 0 Å². The number of rotatable bonds is 5. The van der Waals surface area contributed by atoms with Crippen LogP contribution in [0.2, 0.25) is 0 Å². The van der Waals surface area contributed by atoms with Gasteiger partial charge in [0.2, 0.25) is 0 Å². The van der Waals surface area contributed by atoms with Gasteiger partial charge in [0.15, 0.2) is 5.75 Å². The fraction of sp³-hybridized carbons (Fsp3) is 0.545. The van der Waals surface area contributed by atoms with Crippen molar-refractivity contribution in [3.8, 4) is 5.75 Å². The number of ether oxygens (including phenoxy) is 1. The Kier molecular flexibility index (Phi) is 3.74. The van der Waals surface area contributed by atoms with Gasteiger partial charge in [-0.05, 0) is 20.8 Å². The van der Waals surface area contributed by atoms with E-state index in [1.807, 2.05) is 17.8 Å². The maximum absolute atomic E-state index is 5.50. The zero-order valence-electron chi connectivity index (χ0n) is 9.16. The lowest BCUT2D eigenvalue weighted by molar-refractivity contribution is 0.321. The summed E-state index contributed by atoms with van der Waals surface area (Å²) in [6, 6.07) is 0.383. The highest BCUT2D eigenvalue weighted by Crippen LogP contribution is 2.12. The molecule has 0 bridgehead atoms. The Morgan fingerprint density at radius 2 is 2.36 bits per heavy atom. The topological polar surface area (TPSA) is 27.1 Å². The standard InChI is InChI=1S/C11H18N2O/c1-9(2)5-6-14-11-7-12-13(8-11)10(3)4/h7-8,10H,1,5-6H2,2-4H3. The van der Waals surface area contributed by atoms with Gasteiger partial charge in [-0.15, -0.1) is 6.58 Å². The second kappa shape index (κ2) is 4.84. The molecule has 3 nitrogen and oxygen atoms in total. The number of hydrogen-bond acceptors (Lipinski definition) is 2. The summed E-state index contributed by atoms with van der Waals surface area (Å²) in [5.41, 5.74) is 1.14. The van der Waals surface area contributed by atoms with E-state index in [-0.39, 0.29) is 0 Å². The highest BCUT2D eigenvalue weighted by molar-refractivity contribution is 5.12. The van der Waals surface area contributed by atoms with Gasteiger partial charge in [0.05, 0.1) is 19.0 Å². The first-order valence-corrected chi connectivity index (χ1v) is 4.91. The van der Waals surface area contributed by atoms with Crippen LogP contribution in [0.5, 0.6) is 5.75 Å².